The van der Waals surface area contributed by atoms with E-state index in [0.717, 1.165) is 61.6 Å². The van der Waals surface area contributed by atoms with Crippen molar-refractivity contribution in [2.45, 2.75) is 71.8 Å². The van der Waals surface area contributed by atoms with Crippen molar-refractivity contribution >= 4 is 6.03 Å². The van der Waals surface area contributed by atoms with E-state index >= 15 is 0 Å². The maximum atomic E-state index is 12.3. The van der Waals surface area contributed by atoms with Gasteiger partial charge in [0.1, 0.15) is 11.9 Å². The molecule has 3 heterocycles. The molecule has 0 atom stereocenters. The van der Waals surface area contributed by atoms with Crippen LogP contribution in [0.2, 0.25) is 0 Å². The highest BCUT2D eigenvalue weighted by Gasteiger charge is 2.26. The molecule has 7 heteroatoms. The number of carbonyl (C=O) groups is 1. The molecule has 1 aromatic rings. The molecule has 0 unspecified atom stereocenters. The van der Waals surface area contributed by atoms with Crippen molar-refractivity contribution in [2.75, 3.05) is 32.8 Å². The van der Waals surface area contributed by atoms with E-state index in [4.69, 9.17) is 19.4 Å². The van der Waals surface area contributed by atoms with Gasteiger partial charge in [0.25, 0.3) is 0 Å². The molecule has 0 spiro atoms. The Morgan fingerprint density at radius 3 is 2.59 bits per heavy atom. The normalized spacial score (nSPS) is 17.9. The van der Waals surface area contributed by atoms with Gasteiger partial charge in [-0.2, -0.15) is 4.98 Å². The Morgan fingerprint density at radius 2 is 1.90 bits per heavy atom. The number of nitrogens with one attached hydrogen (secondary N) is 1. The fraction of sp³-hybridized carbons (Fsp3) is 0.773. The summed E-state index contributed by atoms with van der Waals surface area (Å²) in [5, 5.41) is 3.03. The minimum absolute atomic E-state index is 0.0410. The molecule has 1 aromatic heterocycles. The second kappa shape index (κ2) is 10.2. The molecule has 1 N–H and O–H groups in total. The van der Waals surface area contributed by atoms with Crippen molar-refractivity contribution in [3.63, 3.8) is 0 Å². The van der Waals surface area contributed by atoms with E-state index in [1.165, 1.54) is 0 Å². The van der Waals surface area contributed by atoms with E-state index < -0.39 is 0 Å². The van der Waals surface area contributed by atoms with Gasteiger partial charge in [0.2, 0.25) is 5.88 Å². The summed E-state index contributed by atoms with van der Waals surface area (Å²) in [5.41, 5.74) is 2.17. The highest BCUT2D eigenvalue weighted by Crippen LogP contribution is 2.27. The van der Waals surface area contributed by atoms with Crippen LogP contribution < -0.4 is 10.1 Å². The van der Waals surface area contributed by atoms with Crippen LogP contribution in [0.3, 0.4) is 0 Å². The lowest BCUT2D eigenvalue weighted by atomic mass is 10.1. The van der Waals surface area contributed by atoms with Crippen molar-refractivity contribution in [2.24, 2.45) is 5.92 Å². The van der Waals surface area contributed by atoms with Gasteiger partial charge >= 0.3 is 6.03 Å². The summed E-state index contributed by atoms with van der Waals surface area (Å²) in [5.74, 6) is 2.41. The van der Waals surface area contributed by atoms with Crippen LogP contribution in [-0.4, -0.2) is 59.9 Å². The molecule has 0 radical (unpaired) electrons. The Labute approximate surface area is 174 Å². The maximum Gasteiger partial charge on any atom is 0.317 e. The molecule has 2 aliphatic rings. The van der Waals surface area contributed by atoms with Crippen LogP contribution in [-0.2, 0) is 17.6 Å². The molecule has 0 aliphatic carbocycles. The Balaban J connectivity index is 1.60. The molecule has 29 heavy (non-hydrogen) atoms. The molecule has 7 nitrogen and oxygen atoms in total. The predicted molar refractivity (Wildman–Crippen MR) is 112 cm³/mol. The second-order valence-electron chi connectivity index (χ2n) is 8.80. The van der Waals surface area contributed by atoms with Gasteiger partial charge in [-0.1, -0.05) is 27.7 Å². The van der Waals surface area contributed by atoms with E-state index in [9.17, 15) is 4.79 Å². The first-order valence-electron chi connectivity index (χ1n) is 11.1. The Kier molecular flexibility index (Phi) is 7.70. The number of urea groups is 1. The third kappa shape index (κ3) is 6.04. The molecule has 2 amide bonds. The molecule has 0 saturated carbocycles. The summed E-state index contributed by atoms with van der Waals surface area (Å²) in [6, 6.07) is 0.0410. The monoisotopic (exact) mass is 404 g/mol. The number of hydrogen-bond acceptors (Lipinski definition) is 5. The molecular formula is C22H36N4O3. The first kappa shape index (κ1) is 21.8. The summed E-state index contributed by atoms with van der Waals surface area (Å²) in [6.07, 6.45) is 4.33. The van der Waals surface area contributed by atoms with E-state index in [0.29, 0.717) is 32.2 Å². The van der Waals surface area contributed by atoms with Gasteiger partial charge in [-0.25, -0.2) is 9.78 Å². The van der Waals surface area contributed by atoms with Crippen LogP contribution in [0.25, 0.3) is 0 Å². The smallest absolute Gasteiger partial charge is 0.317 e. The van der Waals surface area contributed by atoms with Crippen molar-refractivity contribution in [1.29, 1.82) is 0 Å². The van der Waals surface area contributed by atoms with Crippen molar-refractivity contribution in [3.8, 4) is 5.88 Å². The van der Waals surface area contributed by atoms with E-state index in [2.05, 4.69) is 33.0 Å². The van der Waals surface area contributed by atoms with Gasteiger partial charge in [-0.15, -0.1) is 0 Å². The lowest BCUT2D eigenvalue weighted by molar-refractivity contribution is 0.105. The lowest BCUT2D eigenvalue weighted by Gasteiger charge is -2.32. The summed E-state index contributed by atoms with van der Waals surface area (Å²) in [7, 11) is 0. The first-order chi connectivity index (χ1) is 13.9. The molecular weight excluding hydrogens is 368 g/mol. The minimum atomic E-state index is 0.0410. The maximum absolute atomic E-state index is 12.3. The fourth-order valence-corrected chi connectivity index (χ4v) is 3.70. The SMILES string of the molecule is CC(C)CCNC(=O)N1CCC(Oc2nc(C(C)C)nc3c2CCOCC3)CC1. The van der Waals surface area contributed by atoms with Crippen LogP contribution in [0.15, 0.2) is 0 Å². The second-order valence-corrected chi connectivity index (χ2v) is 8.80. The number of piperidine rings is 1. The fourth-order valence-electron chi connectivity index (χ4n) is 3.70. The van der Waals surface area contributed by atoms with Crippen LogP contribution in [0.1, 0.15) is 70.0 Å². The van der Waals surface area contributed by atoms with Gasteiger partial charge in [-0.3, -0.25) is 0 Å². The summed E-state index contributed by atoms with van der Waals surface area (Å²) < 4.78 is 12.0. The van der Waals surface area contributed by atoms with E-state index in [1.807, 2.05) is 4.90 Å². The van der Waals surface area contributed by atoms with Crippen molar-refractivity contribution in [3.05, 3.63) is 17.1 Å². The number of amides is 2. The average molecular weight is 405 g/mol. The summed E-state index contributed by atoms with van der Waals surface area (Å²) in [6.45, 7) is 12.1. The number of nitrogens with zero attached hydrogens (tertiary/aromatic N) is 3. The number of fused-ring (bicyclic) bond motifs is 1. The van der Waals surface area contributed by atoms with Crippen molar-refractivity contribution in [1.82, 2.24) is 20.2 Å². The quantitative estimate of drug-likeness (QED) is 0.787. The standard InChI is InChI=1S/C22H36N4O3/c1-15(2)5-10-23-22(27)26-11-6-17(7-12-26)29-21-18-8-13-28-14-9-19(18)24-20(25-21)16(3)4/h15-17H,5-14H2,1-4H3,(H,23,27). The van der Waals surface area contributed by atoms with Gasteiger partial charge in [0.05, 0.1) is 18.9 Å². The number of aromatic nitrogens is 2. The van der Waals surface area contributed by atoms with Gasteiger partial charge in [0, 0.05) is 56.8 Å². The number of likely N-dealkylation sites (tertiary alicyclic amines) is 1. The average Bonchev–Trinajstić information content (AvgIpc) is 2.93. The highest BCUT2D eigenvalue weighted by molar-refractivity contribution is 5.74. The zero-order chi connectivity index (χ0) is 20.8. The Hall–Kier alpha value is -1.89. The topological polar surface area (TPSA) is 76.6 Å². The number of hydrogen-bond donors (Lipinski definition) is 1. The molecule has 0 bridgehead atoms. The largest absolute Gasteiger partial charge is 0.474 e. The molecule has 3 rings (SSSR count). The van der Waals surface area contributed by atoms with E-state index in [-0.39, 0.29) is 18.1 Å². The molecule has 2 aliphatic heterocycles. The minimum Gasteiger partial charge on any atom is -0.474 e. The lowest BCUT2D eigenvalue weighted by Crippen LogP contribution is -2.46. The third-order valence-electron chi connectivity index (χ3n) is 5.57. The Morgan fingerprint density at radius 1 is 1.17 bits per heavy atom. The van der Waals surface area contributed by atoms with Crippen LogP contribution in [0.5, 0.6) is 5.88 Å². The van der Waals surface area contributed by atoms with Gasteiger partial charge in [-0.05, 0) is 12.3 Å². The molecule has 162 valence electrons. The number of rotatable bonds is 6. The molecule has 1 saturated heterocycles. The first-order valence-corrected chi connectivity index (χ1v) is 11.1. The zero-order valence-electron chi connectivity index (χ0n) is 18.4. The molecule has 1 fully saturated rings. The van der Waals surface area contributed by atoms with E-state index in [1.54, 1.807) is 0 Å². The molecule has 0 aromatic carbocycles. The van der Waals surface area contributed by atoms with Crippen LogP contribution in [0.4, 0.5) is 4.79 Å². The Bertz CT molecular complexity index is 685. The van der Waals surface area contributed by atoms with Crippen molar-refractivity contribution < 1.29 is 14.3 Å². The highest BCUT2D eigenvalue weighted by atomic mass is 16.5. The summed E-state index contributed by atoms with van der Waals surface area (Å²) in [4.78, 5) is 23.8. The third-order valence-corrected chi connectivity index (χ3v) is 5.57. The van der Waals surface area contributed by atoms with Crippen LogP contribution in [0, 0.1) is 5.92 Å². The number of carbonyl (C=O) groups excluding carboxylic acids is 1. The predicted octanol–water partition coefficient (Wildman–Crippen LogP) is 3.31. The zero-order valence-corrected chi connectivity index (χ0v) is 18.4. The summed E-state index contributed by atoms with van der Waals surface area (Å²) >= 11 is 0. The van der Waals surface area contributed by atoms with Gasteiger partial charge in [0.15, 0.2) is 0 Å². The van der Waals surface area contributed by atoms with Gasteiger partial charge < -0.3 is 19.7 Å². The number of ether oxygens (including phenoxy) is 2. The van der Waals surface area contributed by atoms with Crippen LogP contribution >= 0.6 is 0 Å².